The molecule has 1 aliphatic rings. The van der Waals surface area contributed by atoms with Gasteiger partial charge in [0.2, 0.25) is 10.0 Å². The average molecular weight is 465 g/mol. The summed E-state index contributed by atoms with van der Waals surface area (Å²) in [5, 5.41) is 11.2. The van der Waals surface area contributed by atoms with E-state index in [4.69, 9.17) is 4.74 Å². The second-order valence-electron chi connectivity index (χ2n) is 7.53. The summed E-state index contributed by atoms with van der Waals surface area (Å²) in [6.07, 6.45) is 0. The molecule has 0 aromatic heterocycles. The molecule has 170 valence electrons. The van der Waals surface area contributed by atoms with Crippen molar-refractivity contribution in [3.63, 3.8) is 0 Å². The molecule has 3 aromatic rings. The zero-order valence-electron chi connectivity index (χ0n) is 18.1. The standard InChI is InChI=1S/C24H24N4O4S/c1-18-7-12-22(33(30,31)28-13-15-32-16-14-28)17-23(18)24(29)25-19-8-10-21(11-9-19)27-26-20-5-3-2-4-6-20/h2-12,17H,13-16H2,1H3,(H,25,29). The van der Waals surface area contributed by atoms with Crippen molar-refractivity contribution in [2.24, 2.45) is 10.2 Å². The number of rotatable bonds is 6. The first-order chi connectivity index (χ1) is 15.9. The minimum atomic E-state index is -3.69. The number of sulfonamides is 1. The van der Waals surface area contributed by atoms with Gasteiger partial charge in [0.15, 0.2) is 0 Å². The number of ether oxygens (including phenoxy) is 1. The molecule has 1 amide bonds. The van der Waals surface area contributed by atoms with Crippen LogP contribution < -0.4 is 5.32 Å². The minimum absolute atomic E-state index is 0.0943. The fraction of sp³-hybridized carbons (Fsp3) is 0.208. The molecule has 3 aromatic carbocycles. The normalized spacial score (nSPS) is 14.9. The summed E-state index contributed by atoms with van der Waals surface area (Å²) < 4.78 is 32.5. The molecule has 1 heterocycles. The zero-order valence-corrected chi connectivity index (χ0v) is 19.0. The number of amides is 1. The molecular weight excluding hydrogens is 440 g/mol. The number of nitrogens with zero attached hydrogens (tertiary/aromatic N) is 3. The van der Waals surface area contributed by atoms with Crippen LogP contribution in [0.2, 0.25) is 0 Å². The Bertz CT molecular complexity index is 1250. The first kappa shape index (κ1) is 22.8. The van der Waals surface area contributed by atoms with E-state index in [1.807, 2.05) is 30.3 Å². The molecule has 0 spiro atoms. The van der Waals surface area contributed by atoms with Crippen LogP contribution >= 0.6 is 0 Å². The summed E-state index contributed by atoms with van der Waals surface area (Å²) in [7, 11) is -3.69. The number of azo groups is 1. The van der Waals surface area contributed by atoms with E-state index < -0.39 is 10.0 Å². The Kier molecular flexibility index (Phi) is 6.93. The SMILES string of the molecule is Cc1ccc(S(=O)(=O)N2CCOCC2)cc1C(=O)Nc1ccc(N=Nc2ccccc2)cc1. The predicted octanol–water partition coefficient (Wildman–Crippen LogP) is 4.68. The van der Waals surface area contributed by atoms with Crippen LogP contribution in [0.3, 0.4) is 0 Å². The van der Waals surface area contributed by atoms with E-state index in [1.54, 1.807) is 37.3 Å². The lowest BCUT2D eigenvalue weighted by molar-refractivity contribution is 0.0730. The summed E-state index contributed by atoms with van der Waals surface area (Å²) >= 11 is 0. The summed E-state index contributed by atoms with van der Waals surface area (Å²) in [4.78, 5) is 13.0. The lowest BCUT2D eigenvalue weighted by Crippen LogP contribution is -2.40. The highest BCUT2D eigenvalue weighted by atomic mass is 32.2. The van der Waals surface area contributed by atoms with Crippen LogP contribution in [0.1, 0.15) is 15.9 Å². The third-order valence-electron chi connectivity index (χ3n) is 5.22. The van der Waals surface area contributed by atoms with E-state index in [-0.39, 0.29) is 10.8 Å². The highest BCUT2D eigenvalue weighted by molar-refractivity contribution is 7.89. The first-order valence-electron chi connectivity index (χ1n) is 10.5. The highest BCUT2D eigenvalue weighted by Crippen LogP contribution is 2.23. The summed E-state index contributed by atoms with van der Waals surface area (Å²) in [5.74, 6) is -0.384. The molecule has 0 aliphatic carbocycles. The van der Waals surface area contributed by atoms with Gasteiger partial charge in [0.05, 0.1) is 29.5 Å². The largest absolute Gasteiger partial charge is 0.379 e. The second kappa shape index (κ2) is 10.0. The first-order valence-corrected chi connectivity index (χ1v) is 11.9. The third-order valence-corrected chi connectivity index (χ3v) is 7.12. The minimum Gasteiger partial charge on any atom is -0.379 e. The Labute approximate surface area is 193 Å². The number of anilines is 1. The molecule has 1 fully saturated rings. The molecule has 0 saturated carbocycles. The number of morpholine rings is 1. The molecule has 1 saturated heterocycles. The Morgan fingerprint density at radius 1 is 0.909 bits per heavy atom. The highest BCUT2D eigenvalue weighted by Gasteiger charge is 2.27. The second-order valence-corrected chi connectivity index (χ2v) is 9.47. The van der Waals surface area contributed by atoms with Gasteiger partial charge in [-0.25, -0.2) is 8.42 Å². The van der Waals surface area contributed by atoms with Gasteiger partial charge in [0.25, 0.3) is 5.91 Å². The van der Waals surface area contributed by atoms with Crippen LogP contribution in [-0.4, -0.2) is 44.9 Å². The maximum atomic E-state index is 13.0. The molecule has 9 heteroatoms. The maximum Gasteiger partial charge on any atom is 0.255 e. The van der Waals surface area contributed by atoms with Crippen molar-refractivity contribution in [2.75, 3.05) is 31.6 Å². The number of aryl methyl sites for hydroxylation is 1. The van der Waals surface area contributed by atoms with Crippen molar-refractivity contribution in [3.05, 3.63) is 83.9 Å². The molecule has 1 N–H and O–H groups in total. The summed E-state index contributed by atoms with van der Waals surface area (Å²) in [6.45, 7) is 3.09. The van der Waals surface area contributed by atoms with E-state index in [0.29, 0.717) is 48.8 Å². The number of hydrogen-bond acceptors (Lipinski definition) is 6. The molecule has 0 unspecified atom stereocenters. The van der Waals surface area contributed by atoms with Crippen molar-refractivity contribution in [1.82, 2.24) is 4.31 Å². The lowest BCUT2D eigenvalue weighted by atomic mass is 10.1. The molecule has 0 bridgehead atoms. The fourth-order valence-corrected chi connectivity index (χ4v) is 4.80. The molecule has 0 atom stereocenters. The summed E-state index contributed by atoms with van der Waals surface area (Å²) in [5.41, 5.74) is 2.95. The molecule has 33 heavy (non-hydrogen) atoms. The van der Waals surface area contributed by atoms with E-state index in [2.05, 4.69) is 15.5 Å². The van der Waals surface area contributed by atoms with Gasteiger partial charge < -0.3 is 10.1 Å². The van der Waals surface area contributed by atoms with Crippen LogP contribution in [-0.2, 0) is 14.8 Å². The third kappa shape index (κ3) is 5.51. The van der Waals surface area contributed by atoms with Crippen LogP contribution in [0.25, 0.3) is 0 Å². The van der Waals surface area contributed by atoms with Gasteiger partial charge in [0, 0.05) is 24.3 Å². The monoisotopic (exact) mass is 464 g/mol. The van der Waals surface area contributed by atoms with Gasteiger partial charge in [-0.05, 0) is 61.0 Å². The fourth-order valence-electron chi connectivity index (χ4n) is 3.36. The van der Waals surface area contributed by atoms with Crippen molar-refractivity contribution in [1.29, 1.82) is 0 Å². The van der Waals surface area contributed by atoms with E-state index in [0.717, 1.165) is 5.69 Å². The van der Waals surface area contributed by atoms with Crippen molar-refractivity contribution >= 4 is 33.0 Å². The molecule has 8 nitrogen and oxygen atoms in total. The zero-order chi connectivity index (χ0) is 23.3. The number of carbonyl (C=O) groups is 1. The Morgan fingerprint density at radius 3 is 2.21 bits per heavy atom. The maximum absolute atomic E-state index is 13.0. The van der Waals surface area contributed by atoms with Crippen LogP contribution in [0.15, 0.2) is 87.9 Å². The van der Waals surface area contributed by atoms with Crippen LogP contribution in [0.5, 0.6) is 0 Å². The molecule has 1 aliphatic heterocycles. The van der Waals surface area contributed by atoms with E-state index >= 15 is 0 Å². The van der Waals surface area contributed by atoms with Crippen LogP contribution in [0.4, 0.5) is 17.1 Å². The van der Waals surface area contributed by atoms with Crippen molar-refractivity contribution in [3.8, 4) is 0 Å². The quantitative estimate of drug-likeness (QED) is 0.535. The van der Waals surface area contributed by atoms with Gasteiger partial charge in [-0.2, -0.15) is 14.5 Å². The number of hydrogen-bond donors (Lipinski definition) is 1. The van der Waals surface area contributed by atoms with E-state index in [1.165, 1.54) is 16.4 Å². The molecule has 4 rings (SSSR count). The van der Waals surface area contributed by atoms with Crippen LogP contribution in [0, 0.1) is 6.92 Å². The number of benzene rings is 3. The smallest absolute Gasteiger partial charge is 0.255 e. The van der Waals surface area contributed by atoms with E-state index in [9.17, 15) is 13.2 Å². The topological polar surface area (TPSA) is 100 Å². The Hall–Kier alpha value is -3.40. The Morgan fingerprint density at radius 2 is 1.55 bits per heavy atom. The molecular formula is C24H24N4O4S. The van der Waals surface area contributed by atoms with Gasteiger partial charge in [-0.1, -0.05) is 24.3 Å². The van der Waals surface area contributed by atoms with Gasteiger partial charge >= 0.3 is 0 Å². The lowest BCUT2D eigenvalue weighted by Gasteiger charge is -2.26. The predicted molar refractivity (Wildman–Crippen MR) is 126 cm³/mol. The van der Waals surface area contributed by atoms with Gasteiger partial charge in [-0.15, -0.1) is 0 Å². The Balaban J connectivity index is 1.48. The van der Waals surface area contributed by atoms with Gasteiger partial charge in [-0.3, -0.25) is 4.79 Å². The van der Waals surface area contributed by atoms with Crippen molar-refractivity contribution < 1.29 is 17.9 Å². The van der Waals surface area contributed by atoms with Gasteiger partial charge in [0.1, 0.15) is 0 Å². The summed E-state index contributed by atoms with van der Waals surface area (Å²) in [6, 6.07) is 20.9. The number of nitrogens with one attached hydrogen (secondary N) is 1. The average Bonchev–Trinajstić information content (AvgIpc) is 2.85. The van der Waals surface area contributed by atoms with Crippen molar-refractivity contribution in [2.45, 2.75) is 11.8 Å². The number of carbonyl (C=O) groups excluding carboxylic acids is 1. The molecule has 0 radical (unpaired) electrons.